The molecule has 0 bridgehead atoms. The highest BCUT2D eigenvalue weighted by Gasteiger charge is 2.16. The quantitative estimate of drug-likeness (QED) is 0.385. The Labute approximate surface area is 177 Å². The van der Waals surface area contributed by atoms with Gasteiger partial charge in [-0.15, -0.1) is 0 Å². The van der Waals surface area contributed by atoms with E-state index < -0.39 is 23.4 Å². The maximum Gasteiger partial charge on any atom is 0.335 e. The van der Waals surface area contributed by atoms with Crippen molar-refractivity contribution < 1.29 is 30.0 Å². The first-order valence-electron chi connectivity index (χ1n) is 8.78. The summed E-state index contributed by atoms with van der Waals surface area (Å²) >= 11 is 0. The standard InChI is InChI=1S/C23H16O6.2H3N/c24-20-16(14-7-3-1-5-12(14)9-18(20)22(26)27)11-17-15-8-4-2-6-13(15)10-19(21(17)25)23(28)29;;/h1-10,24-25H,11H2,(H,26,27)(H,28,29);2*1H3. The van der Waals surface area contributed by atoms with E-state index in [9.17, 15) is 30.0 Å². The maximum atomic E-state index is 12.9. The summed E-state index contributed by atoms with van der Waals surface area (Å²) in [5, 5.41) is 46.8. The number of fused-ring (bicyclic) bond motifs is 2. The summed E-state index contributed by atoms with van der Waals surface area (Å²) in [6, 6.07) is 16.3. The Morgan fingerprint density at radius 3 is 1.39 bits per heavy atom. The first-order chi connectivity index (χ1) is 13.9. The van der Waals surface area contributed by atoms with Gasteiger partial charge in [0.15, 0.2) is 0 Å². The van der Waals surface area contributed by atoms with Crippen LogP contribution in [0.1, 0.15) is 31.8 Å². The SMILES string of the molecule is O=C(O)c1cc2ccccc2c(Cc2c([O-])c(C(=O)O)cc3ccccc23)c1[O-].[NH4+].[NH4+]. The first-order valence-corrected chi connectivity index (χ1v) is 8.78. The van der Waals surface area contributed by atoms with Crippen molar-refractivity contribution in [3.8, 4) is 11.5 Å². The number of hydrogen-bond donors (Lipinski definition) is 4. The molecule has 0 saturated carbocycles. The molecule has 8 heteroatoms. The third-order valence-electron chi connectivity index (χ3n) is 5.02. The molecule has 0 heterocycles. The molecule has 31 heavy (non-hydrogen) atoms. The van der Waals surface area contributed by atoms with Gasteiger partial charge in [0.05, 0.1) is 11.1 Å². The molecular weight excluding hydrogens is 400 g/mol. The van der Waals surface area contributed by atoms with Crippen LogP contribution in [0, 0.1) is 0 Å². The lowest BCUT2D eigenvalue weighted by Crippen LogP contribution is -2.11. The van der Waals surface area contributed by atoms with Crippen LogP contribution in [-0.4, -0.2) is 22.2 Å². The summed E-state index contributed by atoms with van der Waals surface area (Å²) in [5.41, 5.74) is -0.453. The van der Waals surface area contributed by atoms with Crippen LogP contribution < -0.4 is 22.5 Å². The highest BCUT2D eigenvalue weighted by atomic mass is 16.4. The number of aromatic carboxylic acids is 2. The zero-order chi connectivity index (χ0) is 20.7. The number of carboxylic acid groups (broad SMARTS) is 2. The van der Waals surface area contributed by atoms with E-state index in [1.807, 2.05) is 0 Å². The molecule has 0 atom stereocenters. The van der Waals surface area contributed by atoms with Crippen LogP contribution in [-0.2, 0) is 6.42 Å². The van der Waals surface area contributed by atoms with Gasteiger partial charge in [-0.1, -0.05) is 60.0 Å². The second-order valence-electron chi connectivity index (χ2n) is 6.69. The third kappa shape index (κ3) is 3.85. The van der Waals surface area contributed by atoms with Crippen LogP contribution in [0.25, 0.3) is 21.5 Å². The van der Waals surface area contributed by atoms with Gasteiger partial charge < -0.3 is 32.7 Å². The maximum absolute atomic E-state index is 12.9. The van der Waals surface area contributed by atoms with E-state index in [2.05, 4.69) is 0 Å². The van der Waals surface area contributed by atoms with Crippen molar-refractivity contribution in [1.82, 2.24) is 12.3 Å². The number of hydrogen-bond acceptors (Lipinski definition) is 4. The molecule has 8 nitrogen and oxygen atoms in total. The lowest BCUT2D eigenvalue weighted by molar-refractivity contribution is -0.270. The molecule has 0 aliphatic heterocycles. The average Bonchev–Trinajstić information content (AvgIpc) is 2.70. The molecule has 0 saturated heterocycles. The summed E-state index contributed by atoms with van der Waals surface area (Å²) in [6.07, 6.45) is -0.166. The Kier molecular flexibility index (Phi) is 6.49. The van der Waals surface area contributed by atoms with Gasteiger partial charge in [-0.05, 0) is 51.2 Å². The Bertz CT molecular complexity index is 1220. The Morgan fingerprint density at radius 2 is 1.03 bits per heavy atom. The molecule has 0 radical (unpaired) electrons. The number of quaternary nitrogens is 2. The minimum Gasteiger partial charge on any atom is -0.872 e. The van der Waals surface area contributed by atoms with Crippen LogP contribution in [0.2, 0.25) is 0 Å². The van der Waals surface area contributed by atoms with Gasteiger partial charge in [-0.3, -0.25) is 0 Å². The van der Waals surface area contributed by atoms with Crippen LogP contribution in [0.4, 0.5) is 0 Å². The number of benzene rings is 4. The molecular formula is C23H22N2O6. The Morgan fingerprint density at radius 1 is 0.677 bits per heavy atom. The fourth-order valence-corrected chi connectivity index (χ4v) is 3.65. The second-order valence-corrected chi connectivity index (χ2v) is 6.69. The minimum atomic E-state index is -1.35. The summed E-state index contributed by atoms with van der Waals surface area (Å²) < 4.78 is 0. The van der Waals surface area contributed by atoms with Gasteiger partial charge in [0.1, 0.15) is 0 Å². The van der Waals surface area contributed by atoms with E-state index in [4.69, 9.17) is 0 Å². The number of carbonyl (C=O) groups is 2. The third-order valence-corrected chi connectivity index (χ3v) is 5.02. The highest BCUT2D eigenvalue weighted by Crippen LogP contribution is 2.36. The molecule has 4 rings (SSSR count). The molecule has 4 aromatic carbocycles. The summed E-state index contributed by atoms with van der Waals surface area (Å²) in [7, 11) is 0. The normalized spacial score (nSPS) is 10.3. The van der Waals surface area contributed by atoms with Crippen molar-refractivity contribution in [1.29, 1.82) is 0 Å². The Hall–Kier alpha value is -4.14. The van der Waals surface area contributed by atoms with E-state index >= 15 is 0 Å². The van der Waals surface area contributed by atoms with E-state index in [-0.39, 0.29) is 41.0 Å². The largest absolute Gasteiger partial charge is 0.872 e. The van der Waals surface area contributed by atoms with Crippen LogP contribution in [0.15, 0.2) is 60.7 Å². The van der Waals surface area contributed by atoms with E-state index in [0.29, 0.717) is 21.5 Å². The van der Waals surface area contributed by atoms with E-state index in [0.717, 1.165) is 0 Å². The number of rotatable bonds is 4. The second kappa shape index (κ2) is 8.70. The predicted octanol–water partition coefficient (Wildman–Crippen LogP) is 3.88. The van der Waals surface area contributed by atoms with Crippen molar-refractivity contribution in [2.24, 2.45) is 0 Å². The van der Waals surface area contributed by atoms with Gasteiger partial charge in [0.25, 0.3) is 0 Å². The van der Waals surface area contributed by atoms with Gasteiger partial charge in [0, 0.05) is 0 Å². The lowest BCUT2D eigenvalue weighted by atomic mass is 9.90. The minimum absolute atomic E-state index is 0. The van der Waals surface area contributed by atoms with Gasteiger partial charge in [0.2, 0.25) is 0 Å². The number of carboxylic acids is 2. The monoisotopic (exact) mass is 422 g/mol. The van der Waals surface area contributed by atoms with Crippen molar-refractivity contribution >= 4 is 33.5 Å². The van der Waals surface area contributed by atoms with Crippen molar-refractivity contribution in [2.75, 3.05) is 0 Å². The highest BCUT2D eigenvalue weighted by molar-refractivity contribution is 6.02. The fraction of sp³-hybridized carbons (Fsp3) is 0.0435. The average molecular weight is 422 g/mol. The Balaban J connectivity index is 0.00000171. The van der Waals surface area contributed by atoms with Crippen molar-refractivity contribution in [3.63, 3.8) is 0 Å². The zero-order valence-corrected chi connectivity index (χ0v) is 17.0. The van der Waals surface area contributed by atoms with Crippen molar-refractivity contribution in [2.45, 2.75) is 6.42 Å². The van der Waals surface area contributed by atoms with Crippen LogP contribution >= 0.6 is 0 Å². The fourth-order valence-electron chi connectivity index (χ4n) is 3.65. The van der Waals surface area contributed by atoms with E-state index in [1.165, 1.54) is 12.1 Å². The van der Waals surface area contributed by atoms with Crippen LogP contribution in [0.5, 0.6) is 11.5 Å². The topological polar surface area (TPSA) is 194 Å². The first kappa shape index (κ1) is 23.1. The van der Waals surface area contributed by atoms with Gasteiger partial charge in [-0.2, -0.15) is 0 Å². The van der Waals surface area contributed by atoms with Crippen molar-refractivity contribution in [3.05, 3.63) is 82.9 Å². The molecule has 0 amide bonds. The molecule has 10 N–H and O–H groups in total. The molecule has 0 aromatic heterocycles. The summed E-state index contributed by atoms with van der Waals surface area (Å²) in [6.45, 7) is 0. The van der Waals surface area contributed by atoms with Crippen LogP contribution in [0.3, 0.4) is 0 Å². The van der Waals surface area contributed by atoms with Gasteiger partial charge >= 0.3 is 11.9 Å². The summed E-state index contributed by atoms with van der Waals surface area (Å²) in [4.78, 5) is 23.1. The lowest BCUT2D eigenvalue weighted by Gasteiger charge is -2.24. The summed E-state index contributed by atoms with van der Waals surface area (Å²) in [5.74, 6) is -4.07. The molecule has 0 aliphatic carbocycles. The smallest absolute Gasteiger partial charge is 0.335 e. The molecule has 160 valence electrons. The molecule has 0 unspecified atom stereocenters. The predicted molar refractivity (Wildman–Crippen MR) is 115 cm³/mol. The molecule has 0 fully saturated rings. The zero-order valence-electron chi connectivity index (χ0n) is 17.0. The molecule has 0 aliphatic rings. The molecule has 4 aromatic rings. The van der Waals surface area contributed by atoms with E-state index in [1.54, 1.807) is 48.5 Å². The molecule has 0 spiro atoms. The van der Waals surface area contributed by atoms with Gasteiger partial charge in [-0.25, -0.2) is 9.59 Å².